The summed E-state index contributed by atoms with van der Waals surface area (Å²) < 4.78 is 17.6. The molecule has 3 rings (SSSR count). The SMILES string of the molecule is COc1cc(-c2nnc3n2NC(N)=C(C#N)S3)cc(OC)c1OC. The van der Waals surface area contributed by atoms with Gasteiger partial charge in [-0.15, -0.1) is 10.2 Å². The Balaban J connectivity index is 2.11. The molecule has 1 aromatic carbocycles. The normalized spacial score (nSPS) is 12.9. The highest BCUT2D eigenvalue weighted by Crippen LogP contribution is 2.41. The van der Waals surface area contributed by atoms with Crippen molar-refractivity contribution in [3.63, 3.8) is 0 Å². The third kappa shape index (κ3) is 2.44. The number of nitriles is 1. The average molecular weight is 346 g/mol. The van der Waals surface area contributed by atoms with Gasteiger partial charge in [0.1, 0.15) is 16.8 Å². The number of thioether (sulfide) groups is 1. The summed E-state index contributed by atoms with van der Waals surface area (Å²) in [4.78, 5) is 0.339. The number of nitrogens with zero attached hydrogens (tertiary/aromatic N) is 4. The molecule has 0 unspecified atom stereocenters. The highest BCUT2D eigenvalue weighted by Gasteiger charge is 2.24. The zero-order valence-corrected chi connectivity index (χ0v) is 14.0. The number of nitrogens with two attached hydrogens (primary N) is 1. The lowest BCUT2D eigenvalue weighted by Crippen LogP contribution is -2.25. The zero-order chi connectivity index (χ0) is 17.3. The molecule has 24 heavy (non-hydrogen) atoms. The molecule has 0 aliphatic carbocycles. The highest BCUT2D eigenvalue weighted by atomic mass is 32.2. The van der Waals surface area contributed by atoms with Crippen molar-refractivity contribution in [2.75, 3.05) is 26.8 Å². The largest absolute Gasteiger partial charge is 0.493 e. The molecule has 0 saturated carbocycles. The van der Waals surface area contributed by atoms with Crippen molar-refractivity contribution in [2.24, 2.45) is 5.73 Å². The maximum Gasteiger partial charge on any atom is 0.216 e. The van der Waals surface area contributed by atoms with E-state index >= 15 is 0 Å². The van der Waals surface area contributed by atoms with E-state index in [-0.39, 0.29) is 5.82 Å². The number of allylic oxidation sites excluding steroid dienone is 1. The van der Waals surface area contributed by atoms with Crippen molar-refractivity contribution in [2.45, 2.75) is 5.16 Å². The van der Waals surface area contributed by atoms with E-state index in [2.05, 4.69) is 15.6 Å². The Bertz CT molecular complexity index is 845. The van der Waals surface area contributed by atoms with E-state index in [1.165, 1.54) is 21.3 Å². The maximum atomic E-state index is 9.05. The molecule has 0 saturated heterocycles. The van der Waals surface area contributed by atoms with Crippen molar-refractivity contribution in [3.05, 3.63) is 22.9 Å². The topological polar surface area (TPSA) is 120 Å². The second-order valence-electron chi connectivity index (χ2n) is 4.62. The van der Waals surface area contributed by atoms with Crippen molar-refractivity contribution in [3.8, 4) is 34.7 Å². The summed E-state index contributed by atoms with van der Waals surface area (Å²) in [5.74, 6) is 2.21. The molecule has 10 heteroatoms. The van der Waals surface area contributed by atoms with Crippen LogP contribution in [0.5, 0.6) is 17.2 Å². The highest BCUT2D eigenvalue weighted by molar-refractivity contribution is 8.03. The molecule has 0 atom stereocenters. The fourth-order valence-corrected chi connectivity index (χ4v) is 2.92. The number of methoxy groups -OCH3 is 3. The van der Waals surface area contributed by atoms with Crippen LogP contribution in [0.2, 0.25) is 0 Å². The molecule has 0 bridgehead atoms. The second-order valence-corrected chi connectivity index (χ2v) is 5.60. The van der Waals surface area contributed by atoms with Gasteiger partial charge in [-0.2, -0.15) is 5.26 Å². The summed E-state index contributed by atoms with van der Waals surface area (Å²) in [6.07, 6.45) is 0. The van der Waals surface area contributed by atoms with Gasteiger partial charge in [0.05, 0.1) is 21.3 Å². The standard InChI is InChI=1S/C14H14N6O3S/c1-21-8-4-7(5-9(22-2)11(8)23-3)13-17-18-14-20(13)19-12(16)10(6-15)24-14/h4-5,19H,16H2,1-3H3. The molecule has 0 spiro atoms. The number of nitrogens with one attached hydrogen (secondary N) is 1. The first-order chi connectivity index (χ1) is 11.6. The number of fused-ring (bicyclic) bond motifs is 1. The van der Waals surface area contributed by atoms with Gasteiger partial charge in [-0.1, -0.05) is 0 Å². The van der Waals surface area contributed by atoms with Gasteiger partial charge in [0, 0.05) is 5.56 Å². The van der Waals surface area contributed by atoms with Crippen LogP contribution in [-0.2, 0) is 0 Å². The van der Waals surface area contributed by atoms with E-state index in [1.54, 1.807) is 16.8 Å². The Kier molecular flexibility index (Phi) is 4.09. The van der Waals surface area contributed by atoms with Crippen LogP contribution in [0.3, 0.4) is 0 Å². The number of hydrogen-bond acceptors (Lipinski definition) is 9. The van der Waals surface area contributed by atoms with Crippen LogP contribution in [0.4, 0.5) is 0 Å². The van der Waals surface area contributed by atoms with Crippen molar-refractivity contribution in [1.82, 2.24) is 14.9 Å². The van der Waals surface area contributed by atoms with E-state index in [0.717, 1.165) is 11.8 Å². The summed E-state index contributed by atoms with van der Waals surface area (Å²) in [6.45, 7) is 0. The number of ether oxygens (including phenoxy) is 3. The molecule has 1 aliphatic rings. The predicted molar refractivity (Wildman–Crippen MR) is 87.2 cm³/mol. The Morgan fingerprint density at radius 1 is 1.17 bits per heavy atom. The minimum Gasteiger partial charge on any atom is -0.493 e. The van der Waals surface area contributed by atoms with Crippen LogP contribution in [0.25, 0.3) is 11.4 Å². The van der Waals surface area contributed by atoms with Gasteiger partial charge in [0.2, 0.25) is 10.9 Å². The minimum absolute atomic E-state index is 0.239. The van der Waals surface area contributed by atoms with Gasteiger partial charge < -0.3 is 19.9 Å². The fourth-order valence-electron chi connectivity index (χ4n) is 2.23. The van der Waals surface area contributed by atoms with Gasteiger partial charge in [-0.05, 0) is 23.9 Å². The van der Waals surface area contributed by atoms with Gasteiger partial charge >= 0.3 is 0 Å². The van der Waals surface area contributed by atoms with Crippen LogP contribution in [0.1, 0.15) is 0 Å². The zero-order valence-electron chi connectivity index (χ0n) is 13.2. The first kappa shape index (κ1) is 15.8. The molecular formula is C14H14N6O3S. The molecule has 1 aliphatic heterocycles. The summed E-state index contributed by atoms with van der Waals surface area (Å²) in [7, 11) is 4.61. The Morgan fingerprint density at radius 2 is 1.83 bits per heavy atom. The molecule has 3 N–H and O–H groups in total. The Labute approximate surface area is 142 Å². The number of aromatic nitrogens is 3. The van der Waals surface area contributed by atoms with E-state index in [1.807, 2.05) is 6.07 Å². The molecule has 0 fully saturated rings. The van der Waals surface area contributed by atoms with Gasteiger partial charge in [-0.3, -0.25) is 5.43 Å². The number of benzene rings is 1. The predicted octanol–water partition coefficient (Wildman–Crippen LogP) is 1.27. The fraction of sp³-hybridized carbons (Fsp3) is 0.214. The van der Waals surface area contributed by atoms with Gasteiger partial charge in [0.15, 0.2) is 17.3 Å². The maximum absolute atomic E-state index is 9.05. The lowest BCUT2D eigenvalue weighted by Gasteiger charge is -2.18. The van der Waals surface area contributed by atoms with Gasteiger partial charge in [-0.25, -0.2) is 4.68 Å². The van der Waals surface area contributed by atoms with E-state index < -0.39 is 0 Å². The van der Waals surface area contributed by atoms with E-state index in [4.69, 9.17) is 25.2 Å². The molecule has 0 radical (unpaired) electrons. The van der Waals surface area contributed by atoms with Crippen molar-refractivity contribution in [1.29, 1.82) is 5.26 Å². The smallest absolute Gasteiger partial charge is 0.216 e. The van der Waals surface area contributed by atoms with Crippen LogP contribution in [0, 0.1) is 11.3 Å². The monoisotopic (exact) mass is 346 g/mol. The third-order valence-corrected chi connectivity index (χ3v) is 4.29. The molecule has 0 amide bonds. The summed E-state index contributed by atoms with van der Waals surface area (Å²) >= 11 is 1.14. The van der Waals surface area contributed by atoms with Crippen molar-refractivity contribution >= 4 is 11.8 Å². The molecule has 2 heterocycles. The second kappa shape index (κ2) is 6.21. The molecule has 1 aromatic heterocycles. The minimum atomic E-state index is 0.239. The summed E-state index contributed by atoms with van der Waals surface area (Å²) in [5.41, 5.74) is 9.44. The van der Waals surface area contributed by atoms with Gasteiger partial charge in [0.25, 0.3) is 0 Å². The van der Waals surface area contributed by atoms with Crippen LogP contribution < -0.4 is 25.4 Å². The quantitative estimate of drug-likeness (QED) is 0.843. The van der Waals surface area contributed by atoms with E-state index in [0.29, 0.717) is 38.7 Å². The van der Waals surface area contributed by atoms with E-state index in [9.17, 15) is 0 Å². The summed E-state index contributed by atoms with van der Waals surface area (Å²) in [6, 6.07) is 5.52. The molecule has 124 valence electrons. The Hall–Kier alpha value is -3.06. The van der Waals surface area contributed by atoms with Crippen LogP contribution in [0.15, 0.2) is 28.0 Å². The third-order valence-electron chi connectivity index (χ3n) is 3.33. The number of rotatable bonds is 4. The lowest BCUT2D eigenvalue weighted by atomic mass is 10.1. The van der Waals surface area contributed by atoms with Crippen LogP contribution >= 0.6 is 11.8 Å². The molecule has 9 nitrogen and oxygen atoms in total. The number of hydrogen-bond donors (Lipinski definition) is 2. The lowest BCUT2D eigenvalue weighted by molar-refractivity contribution is 0.324. The molecule has 2 aromatic rings. The Morgan fingerprint density at radius 3 is 2.38 bits per heavy atom. The van der Waals surface area contributed by atoms with Crippen molar-refractivity contribution < 1.29 is 14.2 Å². The average Bonchev–Trinajstić information content (AvgIpc) is 3.02. The molecular weight excluding hydrogens is 332 g/mol. The first-order valence-electron chi connectivity index (χ1n) is 6.73. The first-order valence-corrected chi connectivity index (χ1v) is 7.55. The van der Waals surface area contributed by atoms with Crippen LogP contribution in [-0.4, -0.2) is 36.2 Å². The summed E-state index contributed by atoms with van der Waals surface area (Å²) in [5, 5.41) is 17.8.